The van der Waals surface area contributed by atoms with Crippen molar-refractivity contribution in [2.45, 2.75) is 20.4 Å². The Morgan fingerprint density at radius 3 is 2.09 bits per heavy atom. The largest absolute Gasteiger partial charge is 0.319 e. The number of carbonyl (C=O) groups excluding carboxylic acids is 2. The highest BCUT2D eigenvalue weighted by Crippen LogP contribution is 2.22. The van der Waals surface area contributed by atoms with Crippen LogP contribution < -0.4 is 10.6 Å². The van der Waals surface area contributed by atoms with E-state index in [9.17, 15) is 9.59 Å². The summed E-state index contributed by atoms with van der Waals surface area (Å²) in [6.07, 6.45) is 3.08. The fourth-order valence-corrected chi connectivity index (χ4v) is 3.40. The Morgan fingerprint density at radius 2 is 1.47 bits per heavy atom. The van der Waals surface area contributed by atoms with Gasteiger partial charge in [0.15, 0.2) is 0 Å². The third-order valence-corrected chi connectivity index (χ3v) is 5.34. The molecule has 2 aromatic carbocycles. The van der Waals surface area contributed by atoms with Crippen molar-refractivity contribution in [1.29, 1.82) is 0 Å². The molecular formula is C24H24N6O2. The number of hydrogen-bond donors (Lipinski definition) is 2. The second-order valence-corrected chi connectivity index (χ2v) is 7.34. The minimum atomic E-state index is -0.366. The van der Waals surface area contributed by atoms with Crippen molar-refractivity contribution in [3.63, 3.8) is 0 Å². The van der Waals surface area contributed by atoms with Gasteiger partial charge in [-0.2, -0.15) is 10.2 Å². The topological polar surface area (TPSA) is 93.8 Å². The Kier molecular flexibility index (Phi) is 5.85. The van der Waals surface area contributed by atoms with Crippen LogP contribution in [0.5, 0.6) is 0 Å². The monoisotopic (exact) mass is 428 g/mol. The number of hydrogen-bond acceptors (Lipinski definition) is 4. The second-order valence-electron chi connectivity index (χ2n) is 7.34. The van der Waals surface area contributed by atoms with Gasteiger partial charge < -0.3 is 10.6 Å². The van der Waals surface area contributed by atoms with Crippen LogP contribution in [0.2, 0.25) is 0 Å². The molecule has 0 saturated heterocycles. The Labute approximate surface area is 185 Å². The number of nitrogens with one attached hydrogen (secondary N) is 2. The standard InChI is InChI=1S/C24H24N6O2/c1-4-30-22(24(32)27-20-14-25-29(3)16(20)2)21(15-26-30)28-23(31)19-12-10-18(11-13-19)17-8-6-5-7-9-17/h5-15H,4H2,1-3H3,(H,27,32)(H,28,31). The maximum atomic E-state index is 13.0. The van der Waals surface area contributed by atoms with Crippen LogP contribution in [-0.4, -0.2) is 31.4 Å². The van der Waals surface area contributed by atoms with E-state index in [4.69, 9.17) is 0 Å². The van der Waals surface area contributed by atoms with Gasteiger partial charge in [0.25, 0.3) is 11.8 Å². The number of aromatic nitrogens is 4. The SMILES string of the molecule is CCn1ncc(NC(=O)c2ccc(-c3ccccc3)cc2)c1C(=O)Nc1cnn(C)c1C. The van der Waals surface area contributed by atoms with Gasteiger partial charge in [0.05, 0.1) is 29.5 Å². The molecule has 0 saturated carbocycles. The van der Waals surface area contributed by atoms with Crippen LogP contribution >= 0.6 is 0 Å². The Hall–Kier alpha value is -4.20. The first-order valence-corrected chi connectivity index (χ1v) is 10.3. The van der Waals surface area contributed by atoms with Crippen molar-refractivity contribution in [1.82, 2.24) is 19.6 Å². The molecule has 0 bridgehead atoms. The summed E-state index contributed by atoms with van der Waals surface area (Å²) in [4.78, 5) is 25.9. The van der Waals surface area contributed by atoms with Gasteiger partial charge in [0, 0.05) is 19.2 Å². The van der Waals surface area contributed by atoms with Crippen molar-refractivity contribution >= 4 is 23.2 Å². The van der Waals surface area contributed by atoms with Crippen molar-refractivity contribution in [2.24, 2.45) is 7.05 Å². The summed E-state index contributed by atoms with van der Waals surface area (Å²) < 4.78 is 3.23. The van der Waals surface area contributed by atoms with Crippen LogP contribution in [0.3, 0.4) is 0 Å². The van der Waals surface area contributed by atoms with Crippen LogP contribution in [0.1, 0.15) is 33.5 Å². The molecule has 0 unspecified atom stereocenters. The van der Waals surface area contributed by atoms with Gasteiger partial charge in [-0.3, -0.25) is 19.0 Å². The Morgan fingerprint density at radius 1 is 0.844 bits per heavy atom. The van der Waals surface area contributed by atoms with Crippen molar-refractivity contribution in [2.75, 3.05) is 10.6 Å². The molecule has 0 spiro atoms. The Bertz CT molecular complexity index is 1260. The van der Waals surface area contributed by atoms with Gasteiger partial charge >= 0.3 is 0 Å². The molecule has 32 heavy (non-hydrogen) atoms. The molecule has 0 aliphatic rings. The molecule has 0 atom stereocenters. The average molecular weight is 428 g/mol. The molecule has 0 aliphatic heterocycles. The third-order valence-electron chi connectivity index (χ3n) is 5.34. The molecule has 0 fully saturated rings. The fourth-order valence-electron chi connectivity index (χ4n) is 3.40. The summed E-state index contributed by atoms with van der Waals surface area (Å²) in [6.45, 7) is 4.23. The maximum Gasteiger partial charge on any atom is 0.276 e. The Balaban J connectivity index is 1.54. The summed E-state index contributed by atoms with van der Waals surface area (Å²) in [5.41, 5.74) is 4.65. The maximum absolute atomic E-state index is 13.0. The summed E-state index contributed by atoms with van der Waals surface area (Å²) in [6, 6.07) is 17.3. The first kappa shape index (κ1) is 21.0. The number of carbonyl (C=O) groups is 2. The predicted octanol–water partition coefficient (Wildman–Crippen LogP) is 4.12. The van der Waals surface area contributed by atoms with Gasteiger partial charge in [0.2, 0.25) is 0 Å². The highest BCUT2D eigenvalue weighted by atomic mass is 16.2. The number of nitrogens with zero attached hydrogens (tertiary/aromatic N) is 4. The van der Waals surface area contributed by atoms with Gasteiger partial charge in [-0.05, 0) is 37.1 Å². The second kappa shape index (κ2) is 8.89. The smallest absolute Gasteiger partial charge is 0.276 e. The molecule has 8 nitrogen and oxygen atoms in total. The van der Waals surface area contributed by atoms with E-state index >= 15 is 0 Å². The van der Waals surface area contributed by atoms with Crippen LogP contribution in [0.15, 0.2) is 67.0 Å². The summed E-state index contributed by atoms with van der Waals surface area (Å²) in [7, 11) is 1.80. The number of aryl methyl sites for hydroxylation is 2. The lowest BCUT2D eigenvalue weighted by Gasteiger charge is -2.10. The highest BCUT2D eigenvalue weighted by Gasteiger charge is 2.21. The van der Waals surface area contributed by atoms with Crippen LogP contribution in [0.4, 0.5) is 11.4 Å². The third kappa shape index (κ3) is 4.15. The van der Waals surface area contributed by atoms with E-state index in [0.717, 1.165) is 16.8 Å². The average Bonchev–Trinajstić information content (AvgIpc) is 3.37. The molecule has 2 N–H and O–H groups in total. The number of anilines is 2. The van der Waals surface area contributed by atoms with Crippen LogP contribution in [0.25, 0.3) is 11.1 Å². The molecular weight excluding hydrogens is 404 g/mol. The zero-order valence-corrected chi connectivity index (χ0v) is 18.2. The molecule has 2 amide bonds. The molecule has 162 valence electrons. The van der Waals surface area contributed by atoms with E-state index in [1.54, 1.807) is 34.7 Å². The van der Waals surface area contributed by atoms with Crippen LogP contribution in [0, 0.1) is 6.92 Å². The van der Waals surface area contributed by atoms with Crippen molar-refractivity contribution < 1.29 is 9.59 Å². The molecule has 0 aliphatic carbocycles. The molecule has 0 radical (unpaired) electrons. The van der Waals surface area contributed by atoms with E-state index in [-0.39, 0.29) is 17.5 Å². The van der Waals surface area contributed by atoms with E-state index in [0.29, 0.717) is 23.5 Å². The zero-order valence-electron chi connectivity index (χ0n) is 18.2. The lowest BCUT2D eigenvalue weighted by molar-refractivity contribution is 0.101. The summed E-state index contributed by atoms with van der Waals surface area (Å²) in [5, 5.41) is 14.1. The van der Waals surface area contributed by atoms with E-state index in [1.807, 2.05) is 56.3 Å². The fraction of sp³-hybridized carbons (Fsp3) is 0.167. The summed E-state index contributed by atoms with van der Waals surface area (Å²) in [5.74, 6) is -0.679. The van der Waals surface area contributed by atoms with Crippen molar-refractivity contribution in [3.05, 3.63) is 83.9 Å². The first-order valence-electron chi connectivity index (χ1n) is 10.3. The normalized spacial score (nSPS) is 10.7. The zero-order chi connectivity index (χ0) is 22.7. The van der Waals surface area contributed by atoms with E-state index in [2.05, 4.69) is 20.8 Å². The van der Waals surface area contributed by atoms with Crippen LogP contribution in [-0.2, 0) is 13.6 Å². The van der Waals surface area contributed by atoms with E-state index < -0.39 is 0 Å². The quantitative estimate of drug-likeness (QED) is 0.483. The highest BCUT2D eigenvalue weighted by molar-refractivity contribution is 6.11. The van der Waals surface area contributed by atoms with Crippen molar-refractivity contribution in [3.8, 4) is 11.1 Å². The van der Waals surface area contributed by atoms with Gasteiger partial charge in [0.1, 0.15) is 5.69 Å². The first-order chi connectivity index (χ1) is 15.5. The van der Waals surface area contributed by atoms with Gasteiger partial charge in [-0.1, -0.05) is 42.5 Å². The van der Waals surface area contributed by atoms with Gasteiger partial charge in [-0.15, -0.1) is 0 Å². The summed E-state index contributed by atoms with van der Waals surface area (Å²) >= 11 is 0. The number of amides is 2. The minimum Gasteiger partial charge on any atom is -0.319 e. The minimum absolute atomic E-state index is 0.282. The lowest BCUT2D eigenvalue weighted by Crippen LogP contribution is -2.21. The van der Waals surface area contributed by atoms with E-state index in [1.165, 1.54) is 6.20 Å². The van der Waals surface area contributed by atoms with Gasteiger partial charge in [-0.25, -0.2) is 0 Å². The molecule has 4 rings (SSSR count). The predicted molar refractivity (Wildman–Crippen MR) is 124 cm³/mol. The lowest BCUT2D eigenvalue weighted by atomic mass is 10.0. The molecule has 2 heterocycles. The number of rotatable bonds is 6. The molecule has 2 aromatic heterocycles. The molecule has 4 aromatic rings. The number of benzene rings is 2. The molecule has 8 heteroatoms.